The molecule has 33 heavy (non-hydrogen) atoms. The van der Waals surface area contributed by atoms with Crippen LogP contribution in [0.3, 0.4) is 0 Å². The summed E-state index contributed by atoms with van der Waals surface area (Å²) in [5.41, 5.74) is 1.24. The lowest BCUT2D eigenvalue weighted by molar-refractivity contribution is -0.142. The van der Waals surface area contributed by atoms with E-state index in [0.29, 0.717) is 12.8 Å². The van der Waals surface area contributed by atoms with Gasteiger partial charge in [-0.3, -0.25) is 4.68 Å². The van der Waals surface area contributed by atoms with E-state index in [9.17, 15) is 26.7 Å². The van der Waals surface area contributed by atoms with Gasteiger partial charge in [0.1, 0.15) is 10.6 Å². The predicted octanol–water partition coefficient (Wildman–Crippen LogP) is 2.90. The zero-order chi connectivity index (χ0) is 23.8. The van der Waals surface area contributed by atoms with Gasteiger partial charge >= 0.3 is 6.18 Å². The summed E-state index contributed by atoms with van der Waals surface area (Å²) in [6, 6.07) is 11.5. The fraction of sp³-hybridized carbons (Fsp3) is 0.318. The normalized spacial score (nSPS) is 16.1. The number of sulfonamides is 1. The smallest absolute Gasteiger partial charge is 0.435 e. The van der Waals surface area contributed by atoms with Crippen LogP contribution in [0.2, 0.25) is 0 Å². The summed E-state index contributed by atoms with van der Waals surface area (Å²) in [6.45, 7) is -0.666. The number of methoxy groups -OCH3 is 1. The second-order valence-corrected chi connectivity index (χ2v) is 9.52. The van der Waals surface area contributed by atoms with Crippen LogP contribution in [0.1, 0.15) is 27.9 Å². The molecule has 0 unspecified atom stereocenters. The summed E-state index contributed by atoms with van der Waals surface area (Å²) in [4.78, 5) is 0.0583. The molecule has 176 valence electrons. The van der Waals surface area contributed by atoms with Gasteiger partial charge in [-0.15, -0.1) is 0 Å². The third-order valence-corrected chi connectivity index (χ3v) is 7.06. The second kappa shape index (κ2) is 8.81. The first-order chi connectivity index (χ1) is 15.6. The molecule has 1 aliphatic rings. The molecule has 2 aromatic carbocycles. The van der Waals surface area contributed by atoms with Crippen molar-refractivity contribution in [1.29, 1.82) is 0 Å². The second-order valence-electron chi connectivity index (χ2n) is 7.84. The van der Waals surface area contributed by atoms with Gasteiger partial charge in [-0.1, -0.05) is 30.3 Å². The molecule has 0 bridgehead atoms. The van der Waals surface area contributed by atoms with E-state index < -0.39 is 28.5 Å². The number of ether oxygens (including phenoxy) is 1. The van der Waals surface area contributed by atoms with Gasteiger partial charge in [-0.05, 0) is 41.7 Å². The standard InChI is InChI=1S/C22H22F3N3O4S/c1-32-19-4-2-3-5-20(19)33(30,31)27-18-9-15-7-6-14(8-16(15)10-18)11-28-12-17(13-29)21(26-28)22(23,24)25/h2-8,12,18,27,29H,9-11,13H2,1H3/t18-/m0/s1. The van der Waals surface area contributed by atoms with E-state index in [2.05, 4.69) is 9.82 Å². The minimum Gasteiger partial charge on any atom is -0.495 e. The third kappa shape index (κ3) is 4.90. The maximum absolute atomic E-state index is 13.1. The third-order valence-electron chi connectivity index (χ3n) is 5.50. The molecule has 0 saturated carbocycles. The minimum atomic E-state index is -4.65. The van der Waals surface area contributed by atoms with Crippen molar-refractivity contribution in [3.8, 4) is 5.75 Å². The average Bonchev–Trinajstić information content (AvgIpc) is 3.36. The van der Waals surface area contributed by atoms with E-state index in [0.717, 1.165) is 21.4 Å². The number of nitrogens with zero attached hydrogens (tertiary/aromatic N) is 2. The number of rotatable bonds is 7. The first-order valence-electron chi connectivity index (χ1n) is 10.1. The summed E-state index contributed by atoms with van der Waals surface area (Å²) in [7, 11) is -2.40. The summed E-state index contributed by atoms with van der Waals surface area (Å²) >= 11 is 0. The molecule has 0 spiro atoms. The van der Waals surface area contributed by atoms with Crippen LogP contribution < -0.4 is 9.46 Å². The van der Waals surface area contributed by atoms with Gasteiger partial charge in [0.25, 0.3) is 0 Å². The number of hydrogen-bond donors (Lipinski definition) is 2. The molecular formula is C22H22F3N3O4S. The molecule has 0 radical (unpaired) electrons. The van der Waals surface area contributed by atoms with E-state index in [1.54, 1.807) is 24.3 Å². The number of hydrogen-bond acceptors (Lipinski definition) is 5. The molecule has 0 amide bonds. The summed E-state index contributed by atoms with van der Waals surface area (Å²) in [5, 5.41) is 12.8. The maximum atomic E-state index is 13.1. The Kier molecular flexibility index (Phi) is 6.21. The van der Waals surface area contributed by atoms with Crippen LogP contribution in [0.4, 0.5) is 13.2 Å². The molecule has 7 nitrogen and oxygen atoms in total. The largest absolute Gasteiger partial charge is 0.495 e. The van der Waals surface area contributed by atoms with Crippen molar-refractivity contribution in [2.45, 2.75) is 43.1 Å². The highest BCUT2D eigenvalue weighted by molar-refractivity contribution is 7.89. The summed E-state index contributed by atoms with van der Waals surface area (Å²) in [5.74, 6) is 0.252. The topological polar surface area (TPSA) is 93.5 Å². The number of para-hydroxylation sites is 1. The first kappa shape index (κ1) is 23.3. The molecule has 3 aromatic rings. The highest BCUT2D eigenvalue weighted by Crippen LogP contribution is 2.31. The number of fused-ring (bicyclic) bond motifs is 1. The van der Waals surface area contributed by atoms with E-state index in [4.69, 9.17) is 4.74 Å². The van der Waals surface area contributed by atoms with Crippen molar-refractivity contribution in [2.75, 3.05) is 7.11 Å². The Balaban J connectivity index is 1.49. The van der Waals surface area contributed by atoms with Crippen molar-refractivity contribution >= 4 is 10.0 Å². The lowest BCUT2D eigenvalue weighted by atomic mass is 10.1. The van der Waals surface area contributed by atoms with E-state index in [-0.39, 0.29) is 28.8 Å². The lowest BCUT2D eigenvalue weighted by Crippen LogP contribution is -2.35. The lowest BCUT2D eigenvalue weighted by Gasteiger charge is -2.14. The monoisotopic (exact) mass is 481 g/mol. The van der Waals surface area contributed by atoms with Crippen LogP contribution >= 0.6 is 0 Å². The Morgan fingerprint density at radius 3 is 2.58 bits per heavy atom. The first-order valence-corrected chi connectivity index (χ1v) is 11.6. The molecule has 0 aliphatic heterocycles. The van der Waals surface area contributed by atoms with E-state index >= 15 is 0 Å². The molecule has 1 aliphatic carbocycles. The molecule has 0 fully saturated rings. The highest BCUT2D eigenvalue weighted by Gasteiger charge is 2.37. The van der Waals surface area contributed by atoms with Crippen molar-refractivity contribution in [1.82, 2.24) is 14.5 Å². The number of aliphatic hydroxyl groups is 1. The average molecular weight is 481 g/mol. The fourth-order valence-electron chi connectivity index (χ4n) is 4.06. The van der Waals surface area contributed by atoms with E-state index in [1.165, 1.54) is 19.4 Å². The van der Waals surface area contributed by atoms with Gasteiger partial charge in [0.05, 0.1) is 20.3 Å². The molecule has 1 heterocycles. The number of nitrogens with one attached hydrogen (secondary N) is 1. The number of halogens is 3. The van der Waals surface area contributed by atoms with Crippen molar-refractivity contribution < 1.29 is 31.4 Å². The Bertz CT molecular complexity index is 1270. The van der Waals surface area contributed by atoms with Gasteiger partial charge in [0, 0.05) is 17.8 Å². The number of aliphatic hydroxyl groups excluding tert-OH is 1. The molecule has 2 N–H and O–H groups in total. The Morgan fingerprint density at radius 2 is 1.91 bits per heavy atom. The van der Waals surface area contributed by atoms with E-state index in [1.807, 2.05) is 12.1 Å². The zero-order valence-corrected chi connectivity index (χ0v) is 18.4. The van der Waals surface area contributed by atoms with Crippen LogP contribution in [-0.4, -0.2) is 36.5 Å². The van der Waals surface area contributed by atoms with Gasteiger partial charge in [-0.25, -0.2) is 13.1 Å². The quantitative estimate of drug-likeness (QED) is 0.541. The summed E-state index contributed by atoms with van der Waals surface area (Å²) in [6.07, 6.45) is -2.52. The van der Waals surface area contributed by atoms with Gasteiger partial charge in [-0.2, -0.15) is 18.3 Å². The van der Waals surface area contributed by atoms with Gasteiger partial charge in [0.15, 0.2) is 5.69 Å². The number of alkyl halides is 3. The fourth-order valence-corrected chi connectivity index (χ4v) is 5.47. The van der Waals surface area contributed by atoms with Crippen molar-refractivity contribution in [3.05, 3.63) is 76.6 Å². The van der Waals surface area contributed by atoms with Crippen LogP contribution in [0.25, 0.3) is 0 Å². The van der Waals surface area contributed by atoms with Crippen LogP contribution in [-0.2, 0) is 42.2 Å². The summed E-state index contributed by atoms with van der Waals surface area (Å²) < 4.78 is 73.9. The molecule has 1 atom stereocenters. The van der Waals surface area contributed by atoms with Crippen LogP contribution in [0, 0.1) is 0 Å². The molecule has 4 rings (SSSR count). The minimum absolute atomic E-state index is 0.0583. The Morgan fingerprint density at radius 1 is 1.18 bits per heavy atom. The number of benzene rings is 2. The highest BCUT2D eigenvalue weighted by atomic mass is 32.2. The van der Waals surface area contributed by atoms with Crippen molar-refractivity contribution in [2.24, 2.45) is 0 Å². The molecule has 1 aromatic heterocycles. The zero-order valence-electron chi connectivity index (χ0n) is 17.6. The van der Waals surface area contributed by atoms with Crippen molar-refractivity contribution in [3.63, 3.8) is 0 Å². The van der Waals surface area contributed by atoms with Gasteiger partial charge < -0.3 is 9.84 Å². The molecular weight excluding hydrogens is 459 g/mol. The molecule has 0 saturated heterocycles. The molecule has 11 heteroatoms. The van der Waals surface area contributed by atoms with Crippen LogP contribution in [0.5, 0.6) is 5.75 Å². The predicted molar refractivity (Wildman–Crippen MR) is 113 cm³/mol. The Labute approximate surface area is 188 Å². The maximum Gasteiger partial charge on any atom is 0.435 e. The SMILES string of the molecule is COc1ccccc1S(=O)(=O)N[C@H]1Cc2ccc(Cn3cc(CO)c(C(F)(F)F)n3)cc2C1. The number of aromatic nitrogens is 2. The Hall–Kier alpha value is -2.89. The van der Waals surface area contributed by atoms with Crippen LogP contribution in [0.15, 0.2) is 53.6 Å². The van der Waals surface area contributed by atoms with Gasteiger partial charge in [0.2, 0.25) is 10.0 Å².